The molecule has 1 aromatic carbocycles. The third kappa shape index (κ3) is 2.68. The van der Waals surface area contributed by atoms with Crippen molar-refractivity contribution in [3.63, 3.8) is 0 Å². The van der Waals surface area contributed by atoms with Gasteiger partial charge in [-0.3, -0.25) is 0 Å². The number of nitrogens with two attached hydrogens (primary N) is 1. The normalized spacial score (nSPS) is 24.3. The Labute approximate surface area is 115 Å². The molecule has 1 fully saturated rings. The van der Waals surface area contributed by atoms with Crippen LogP contribution in [0.2, 0.25) is 0 Å². The third-order valence-electron chi connectivity index (χ3n) is 3.99. The highest BCUT2D eigenvalue weighted by atomic mass is 32.2. The van der Waals surface area contributed by atoms with Crippen molar-refractivity contribution in [3.8, 4) is 0 Å². The monoisotopic (exact) mass is 282 g/mol. The average molecular weight is 282 g/mol. The van der Waals surface area contributed by atoms with E-state index in [1.807, 2.05) is 32.9 Å². The third-order valence-corrected chi connectivity index (χ3v) is 5.99. The van der Waals surface area contributed by atoms with Gasteiger partial charge in [-0.2, -0.15) is 4.31 Å². The minimum atomic E-state index is -3.41. The zero-order chi connectivity index (χ0) is 14.3. The molecule has 0 radical (unpaired) electrons. The minimum Gasteiger partial charge on any atom is -0.327 e. The lowest BCUT2D eigenvalue weighted by Crippen LogP contribution is -2.53. The Kier molecular flexibility index (Phi) is 3.73. The highest BCUT2D eigenvalue weighted by Crippen LogP contribution is 2.31. The molecule has 2 rings (SSSR count). The first-order valence-corrected chi connectivity index (χ1v) is 8.00. The summed E-state index contributed by atoms with van der Waals surface area (Å²) in [6.07, 6.45) is 0.706. The second kappa shape index (κ2) is 4.89. The highest BCUT2D eigenvalue weighted by molar-refractivity contribution is 7.89. The van der Waals surface area contributed by atoms with Gasteiger partial charge in [0.1, 0.15) is 0 Å². The van der Waals surface area contributed by atoms with Crippen LogP contribution < -0.4 is 5.73 Å². The maximum absolute atomic E-state index is 12.7. The Morgan fingerprint density at radius 3 is 2.53 bits per heavy atom. The number of aryl methyl sites for hydroxylation is 1. The predicted molar refractivity (Wildman–Crippen MR) is 76.3 cm³/mol. The van der Waals surface area contributed by atoms with Crippen molar-refractivity contribution in [1.29, 1.82) is 0 Å². The van der Waals surface area contributed by atoms with Gasteiger partial charge in [-0.15, -0.1) is 0 Å². The molecule has 1 unspecified atom stereocenters. The lowest BCUT2D eigenvalue weighted by molar-refractivity contribution is 0.155. The first-order valence-electron chi connectivity index (χ1n) is 6.56. The second-order valence-corrected chi connectivity index (χ2v) is 7.89. The Bertz CT molecular complexity index is 567. The van der Waals surface area contributed by atoms with Crippen molar-refractivity contribution in [2.75, 3.05) is 13.1 Å². The van der Waals surface area contributed by atoms with E-state index >= 15 is 0 Å². The van der Waals surface area contributed by atoms with E-state index in [1.165, 1.54) is 0 Å². The molecule has 0 bridgehead atoms. The zero-order valence-electron chi connectivity index (χ0n) is 11.8. The van der Waals surface area contributed by atoms with Gasteiger partial charge in [0.15, 0.2) is 0 Å². The quantitative estimate of drug-likeness (QED) is 0.898. The van der Waals surface area contributed by atoms with E-state index in [-0.39, 0.29) is 11.5 Å². The first kappa shape index (κ1) is 14.5. The predicted octanol–water partition coefficient (Wildman–Crippen LogP) is 1.74. The van der Waals surface area contributed by atoms with Gasteiger partial charge in [-0.05, 0) is 30.4 Å². The Balaban J connectivity index is 2.34. The molecule has 0 aliphatic carbocycles. The van der Waals surface area contributed by atoms with Crippen LogP contribution in [0, 0.1) is 12.3 Å². The van der Waals surface area contributed by atoms with Crippen molar-refractivity contribution in [2.45, 2.75) is 38.1 Å². The summed E-state index contributed by atoms with van der Waals surface area (Å²) >= 11 is 0. The Morgan fingerprint density at radius 1 is 1.32 bits per heavy atom. The molecule has 2 N–H and O–H groups in total. The summed E-state index contributed by atoms with van der Waals surface area (Å²) in [7, 11) is -3.41. The van der Waals surface area contributed by atoms with Crippen LogP contribution >= 0.6 is 0 Å². The van der Waals surface area contributed by atoms with Gasteiger partial charge in [0.25, 0.3) is 0 Å². The molecule has 5 heteroatoms. The summed E-state index contributed by atoms with van der Waals surface area (Å²) in [5, 5.41) is 0. The molecule has 1 aromatic rings. The number of nitrogens with zero attached hydrogens (tertiary/aromatic N) is 1. The average Bonchev–Trinajstić information content (AvgIpc) is 2.32. The molecule has 0 spiro atoms. The maximum atomic E-state index is 12.7. The molecule has 19 heavy (non-hydrogen) atoms. The van der Waals surface area contributed by atoms with Crippen LogP contribution in [0.3, 0.4) is 0 Å². The van der Waals surface area contributed by atoms with Gasteiger partial charge in [0, 0.05) is 19.1 Å². The van der Waals surface area contributed by atoms with Gasteiger partial charge in [0.2, 0.25) is 10.0 Å². The molecule has 0 saturated carbocycles. The summed E-state index contributed by atoms with van der Waals surface area (Å²) in [4.78, 5) is 0.404. The number of hydrogen-bond donors (Lipinski definition) is 1. The second-order valence-electron chi connectivity index (χ2n) is 5.99. The fraction of sp³-hybridized carbons (Fsp3) is 0.571. The van der Waals surface area contributed by atoms with Crippen molar-refractivity contribution in [3.05, 3.63) is 29.8 Å². The Morgan fingerprint density at radius 2 is 1.95 bits per heavy atom. The zero-order valence-corrected chi connectivity index (χ0v) is 12.6. The SMILES string of the molecule is Cc1ccccc1S(=O)(=O)N1CCC(N)C(C)(C)C1. The molecule has 1 heterocycles. The summed E-state index contributed by atoms with van der Waals surface area (Å²) in [6.45, 7) is 6.86. The van der Waals surface area contributed by atoms with E-state index in [9.17, 15) is 8.42 Å². The molecule has 4 nitrogen and oxygen atoms in total. The molecular formula is C14H22N2O2S. The Hall–Kier alpha value is -0.910. The van der Waals surface area contributed by atoms with Gasteiger partial charge in [-0.1, -0.05) is 32.0 Å². The summed E-state index contributed by atoms with van der Waals surface area (Å²) in [5.74, 6) is 0. The number of piperidine rings is 1. The molecule has 1 atom stereocenters. The molecule has 0 amide bonds. The fourth-order valence-electron chi connectivity index (χ4n) is 2.51. The molecule has 1 saturated heterocycles. The summed E-state index contributed by atoms with van der Waals surface area (Å²) in [5.41, 5.74) is 6.67. The first-order chi connectivity index (χ1) is 8.75. The van der Waals surface area contributed by atoms with Crippen molar-refractivity contribution < 1.29 is 8.42 Å². The van der Waals surface area contributed by atoms with Crippen LogP contribution in [0.4, 0.5) is 0 Å². The standard InChI is InChI=1S/C14H22N2O2S/c1-11-6-4-5-7-12(11)19(17,18)16-9-8-13(15)14(2,3)10-16/h4-7,13H,8-10,15H2,1-3H3. The van der Waals surface area contributed by atoms with Crippen molar-refractivity contribution in [2.24, 2.45) is 11.1 Å². The molecule has 1 aliphatic heterocycles. The van der Waals surface area contributed by atoms with Crippen LogP contribution in [0.1, 0.15) is 25.8 Å². The molecule has 1 aliphatic rings. The van der Waals surface area contributed by atoms with Gasteiger partial charge >= 0.3 is 0 Å². The van der Waals surface area contributed by atoms with Gasteiger partial charge in [0.05, 0.1) is 4.90 Å². The minimum absolute atomic E-state index is 0.0517. The molecule has 0 aromatic heterocycles. The smallest absolute Gasteiger partial charge is 0.243 e. The summed E-state index contributed by atoms with van der Waals surface area (Å²) in [6, 6.07) is 7.17. The maximum Gasteiger partial charge on any atom is 0.243 e. The molecular weight excluding hydrogens is 260 g/mol. The number of hydrogen-bond acceptors (Lipinski definition) is 3. The van der Waals surface area contributed by atoms with Gasteiger partial charge in [-0.25, -0.2) is 8.42 Å². The number of benzene rings is 1. The van der Waals surface area contributed by atoms with Crippen LogP contribution in [0.5, 0.6) is 0 Å². The lowest BCUT2D eigenvalue weighted by Gasteiger charge is -2.41. The highest BCUT2D eigenvalue weighted by Gasteiger charge is 2.39. The van der Waals surface area contributed by atoms with Crippen molar-refractivity contribution in [1.82, 2.24) is 4.31 Å². The van der Waals surface area contributed by atoms with E-state index in [0.29, 0.717) is 24.4 Å². The number of sulfonamides is 1. The van der Waals surface area contributed by atoms with E-state index < -0.39 is 10.0 Å². The van der Waals surface area contributed by atoms with Crippen LogP contribution in [-0.4, -0.2) is 31.9 Å². The van der Waals surface area contributed by atoms with E-state index in [1.54, 1.807) is 16.4 Å². The van der Waals surface area contributed by atoms with Crippen LogP contribution in [0.15, 0.2) is 29.2 Å². The van der Waals surface area contributed by atoms with Gasteiger partial charge < -0.3 is 5.73 Å². The molecule has 106 valence electrons. The number of rotatable bonds is 2. The van der Waals surface area contributed by atoms with E-state index in [2.05, 4.69) is 0 Å². The fourth-order valence-corrected chi connectivity index (χ4v) is 4.37. The van der Waals surface area contributed by atoms with E-state index in [0.717, 1.165) is 5.56 Å². The van der Waals surface area contributed by atoms with Crippen LogP contribution in [-0.2, 0) is 10.0 Å². The topological polar surface area (TPSA) is 63.4 Å². The lowest BCUT2D eigenvalue weighted by atomic mass is 9.81. The van der Waals surface area contributed by atoms with Crippen molar-refractivity contribution >= 4 is 10.0 Å². The summed E-state index contributed by atoms with van der Waals surface area (Å²) < 4.78 is 26.9. The van der Waals surface area contributed by atoms with Crippen LogP contribution in [0.25, 0.3) is 0 Å². The van der Waals surface area contributed by atoms with E-state index in [4.69, 9.17) is 5.73 Å². The largest absolute Gasteiger partial charge is 0.327 e.